The van der Waals surface area contributed by atoms with E-state index in [1.165, 1.54) is 0 Å². The topological polar surface area (TPSA) is 38.0 Å². The van der Waals surface area contributed by atoms with Gasteiger partial charge in [-0.15, -0.1) is 0 Å². The number of hydrazine groups is 1. The molecule has 1 rings (SSSR count). The smallest absolute Gasteiger partial charge is 0.116 e. The fraction of sp³-hybridized carbons (Fsp3) is 0. The van der Waals surface area contributed by atoms with Gasteiger partial charge >= 0.3 is 0 Å². The Labute approximate surface area is 55.4 Å². The van der Waals surface area contributed by atoms with Gasteiger partial charge in [-0.3, -0.25) is 5.84 Å². The van der Waals surface area contributed by atoms with Crippen LogP contribution in [-0.4, -0.2) is 7.85 Å². The highest BCUT2D eigenvalue weighted by Crippen LogP contribution is 1.96. The molecule has 0 fully saturated rings. The molecule has 0 aromatic heterocycles. The van der Waals surface area contributed by atoms with E-state index in [9.17, 15) is 0 Å². The third kappa shape index (κ3) is 1.24. The maximum absolute atomic E-state index is 5.49. The van der Waals surface area contributed by atoms with Gasteiger partial charge in [0.25, 0.3) is 0 Å². The molecule has 0 bridgehead atoms. The van der Waals surface area contributed by atoms with Gasteiger partial charge in [0, 0.05) is 5.69 Å². The van der Waals surface area contributed by atoms with Crippen LogP contribution in [0.2, 0.25) is 0 Å². The first-order valence-electron chi connectivity index (χ1n) is 2.65. The van der Waals surface area contributed by atoms with Gasteiger partial charge in [0.2, 0.25) is 0 Å². The number of nitrogens with two attached hydrogens (primary N) is 1. The summed E-state index contributed by atoms with van der Waals surface area (Å²) in [7, 11) is 5.49. The lowest BCUT2D eigenvalue weighted by atomic mass is 9.94. The minimum atomic E-state index is 0.667. The van der Waals surface area contributed by atoms with Crippen LogP contribution in [0.3, 0.4) is 0 Å². The summed E-state index contributed by atoms with van der Waals surface area (Å²) in [6.07, 6.45) is 0. The van der Waals surface area contributed by atoms with Crippen LogP contribution in [0, 0.1) is 0 Å². The number of rotatable bonds is 1. The molecule has 2 radical (unpaired) electrons. The van der Waals surface area contributed by atoms with Crippen LogP contribution >= 0.6 is 0 Å². The number of nitrogens with one attached hydrogen (secondary N) is 1. The molecule has 0 saturated carbocycles. The van der Waals surface area contributed by atoms with Crippen molar-refractivity contribution in [3.8, 4) is 0 Å². The van der Waals surface area contributed by atoms with Gasteiger partial charge in [-0.05, 0) is 6.07 Å². The Morgan fingerprint density at radius 1 is 1.33 bits per heavy atom. The molecule has 0 unspecified atom stereocenters. The zero-order valence-electron chi connectivity index (χ0n) is 4.96. The van der Waals surface area contributed by atoms with Gasteiger partial charge in [0.15, 0.2) is 0 Å². The van der Waals surface area contributed by atoms with E-state index in [1.54, 1.807) is 6.07 Å². The third-order valence-electron chi connectivity index (χ3n) is 1.12. The highest BCUT2D eigenvalue weighted by atomic mass is 15.2. The van der Waals surface area contributed by atoms with Crippen LogP contribution in [0.5, 0.6) is 0 Å². The number of hydrogen-bond acceptors (Lipinski definition) is 2. The molecule has 0 atom stereocenters. The van der Waals surface area contributed by atoms with E-state index < -0.39 is 0 Å². The molecule has 0 amide bonds. The van der Waals surface area contributed by atoms with Gasteiger partial charge in [0.05, 0.1) is 0 Å². The minimum absolute atomic E-state index is 0.667. The van der Waals surface area contributed by atoms with Crippen molar-refractivity contribution < 1.29 is 0 Å². The molecule has 0 aliphatic rings. The molecule has 0 saturated heterocycles. The normalized spacial score (nSPS) is 9.00. The van der Waals surface area contributed by atoms with E-state index >= 15 is 0 Å². The van der Waals surface area contributed by atoms with E-state index in [0.717, 1.165) is 5.69 Å². The number of anilines is 1. The average molecular weight is 118 g/mol. The van der Waals surface area contributed by atoms with E-state index in [0.29, 0.717) is 5.46 Å². The zero-order chi connectivity index (χ0) is 6.69. The minimum Gasteiger partial charge on any atom is -0.325 e. The van der Waals surface area contributed by atoms with Gasteiger partial charge in [0.1, 0.15) is 7.85 Å². The lowest BCUT2D eigenvalue weighted by Gasteiger charge is -2.01. The van der Waals surface area contributed by atoms with Crippen molar-refractivity contribution in [2.75, 3.05) is 5.43 Å². The summed E-state index contributed by atoms with van der Waals surface area (Å²) >= 11 is 0. The molecule has 9 heavy (non-hydrogen) atoms. The molecule has 3 heteroatoms. The second-order valence-corrected chi connectivity index (χ2v) is 1.73. The lowest BCUT2D eigenvalue weighted by Crippen LogP contribution is -2.16. The van der Waals surface area contributed by atoms with Gasteiger partial charge in [-0.1, -0.05) is 23.7 Å². The van der Waals surface area contributed by atoms with Gasteiger partial charge < -0.3 is 5.43 Å². The molecule has 2 nitrogen and oxygen atoms in total. The van der Waals surface area contributed by atoms with Crippen molar-refractivity contribution in [1.82, 2.24) is 0 Å². The highest BCUT2D eigenvalue weighted by Gasteiger charge is 1.88. The van der Waals surface area contributed by atoms with Crippen LogP contribution < -0.4 is 16.7 Å². The second kappa shape index (κ2) is 2.55. The average Bonchev–Trinajstić information content (AvgIpc) is 1.89. The Balaban J connectivity index is 3.01. The monoisotopic (exact) mass is 118 g/mol. The summed E-state index contributed by atoms with van der Waals surface area (Å²) in [5.74, 6) is 5.12. The number of benzene rings is 1. The summed E-state index contributed by atoms with van der Waals surface area (Å²) in [6, 6.07) is 7.33. The van der Waals surface area contributed by atoms with Crippen molar-refractivity contribution in [2.45, 2.75) is 0 Å². The Kier molecular flexibility index (Phi) is 1.75. The predicted molar refractivity (Wildman–Crippen MR) is 39.6 cm³/mol. The second-order valence-electron chi connectivity index (χ2n) is 1.73. The largest absolute Gasteiger partial charge is 0.325 e. The third-order valence-corrected chi connectivity index (χ3v) is 1.12. The molecule has 0 heterocycles. The number of nitrogen functional groups attached to an aromatic ring is 1. The first-order valence-corrected chi connectivity index (χ1v) is 2.65. The van der Waals surface area contributed by atoms with E-state index in [2.05, 4.69) is 5.43 Å². The molecule has 0 aliphatic carbocycles. The molecule has 44 valence electrons. The van der Waals surface area contributed by atoms with E-state index in [4.69, 9.17) is 13.7 Å². The Morgan fingerprint density at radius 3 is 2.44 bits per heavy atom. The van der Waals surface area contributed by atoms with Gasteiger partial charge in [-0.25, -0.2) is 0 Å². The first-order chi connectivity index (χ1) is 4.34. The van der Waals surface area contributed by atoms with Crippen molar-refractivity contribution >= 4 is 19.0 Å². The molecule has 0 aliphatic heterocycles. The van der Waals surface area contributed by atoms with Crippen molar-refractivity contribution in [2.24, 2.45) is 5.84 Å². The van der Waals surface area contributed by atoms with Crippen molar-refractivity contribution in [1.29, 1.82) is 0 Å². The van der Waals surface area contributed by atoms with Crippen molar-refractivity contribution in [3.05, 3.63) is 24.3 Å². The van der Waals surface area contributed by atoms with E-state index in [1.807, 2.05) is 18.2 Å². The fourth-order valence-electron chi connectivity index (χ4n) is 0.628. The van der Waals surface area contributed by atoms with E-state index in [-0.39, 0.29) is 0 Å². The zero-order valence-corrected chi connectivity index (χ0v) is 4.96. The summed E-state index contributed by atoms with van der Waals surface area (Å²) in [6.45, 7) is 0. The molecule has 1 aromatic carbocycles. The SMILES string of the molecule is [B]c1ccccc1NN. The number of para-hydroxylation sites is 1. The highest BCUT2D eigenvalue weighted by molar-refractivity contribution is 6.35. The summed E-state index contributed by atoms with van der Waals surface area (Å²) in [5, 5.41) is 0. The quantitative estimate of drug-likeness (QED) is 0.303. The Hall–Kier alpha value is -0.955. The summed E-state index contributed by atoms with van der Waals surface area (Å²) in [4.78, 5) is 0. The van der Waals surface area contributed by atoms with Crippen LogP contribution in [0.1, 0.15) is 0 Å². The first kappa shape index (κ1) is 6.17. The summed E-state index contributed by atoms with van der Waals surface area (Å²) < 4.78 is 0. The molecular formula is C6H7BN2. The Morgan fingerprint density at radius 2 is 2.00 bits per heavy atom. The molecular weight excluding hydrogens is 111 g/mol. The Bertz CT molecular complexity index is 200. The molecule has 3 N–H and O–H groups in total. The van der Waals surface area contributed by atoms with Crippen LogP contribution in [0.15, 0.2) is 24.3 Å². The number of hydrogen-bond donors (Lipinski definition) is 2. The van der Waals surface area contributed by atoms with Crippen LogP contribution in [-0.2, 0) is 0 Å². The van der Waals surface area contributed by atoms with Crippen molar-refractivity contribution in [3.63, 3.8) is 0 Å². The maximum atomic E-state index is 5.49. The van der Waals surface area contributed by atoms with Crippen LogP contribution in [0.4, 0.5) is 5.69 Å². The fourth-order valence-corrected chi connectivity index (χ4v) is 0.628. The maximum Gasteiger partial charge on any atom is 0.116 e. The molecule has 1 aromatic rings. The lowest BCUT2D eigenvalue weighted by molar-refractivity contribution is 1.36. The predicted octanol–water partition coefficient (Wildman–Crippen LogP) is -0.234. The van der Waals surface area contributed by atoms with Gasteiger partial charge in [-0.2, -0.15) is 0 Å². The standard InChI is InChI=1S/C6H7BN2/c7-5-3-1-2-4-6(5)9-8/h1-4,9H,8H2. The molecule has 0 spiro atoms. The summed E-state index contributed by atoms with van der Waals surface area (Å²) in [5.41, 5.74) is 3.90. The van der Waals surface area contributed by atoms with Crippen LogP contribution in [0.25, 0.3) is 0 Å².